The third kappa shape index (κ3) is 3.92. The minimum absolute atomic E-state index is 0.354. The van der Waals surface area contributed by atoms with E-state index in [4.69, 9.17) is 4.74 Å². The maximum absolute atomic E-state index is 11.6. The molecule has 0 radical (unpaired) electrons. The molecule has 0 atom stereocenters. The number of rotatable bonds is 4. The molecule has 0 spiro atoms. The highest BCUT2D eigenvalue weighted by Crippen LogP contribution is 2.12. The summed E-state index contributed by atoms with van der Waals surface area (Å²) in [6.07, 6.45) is 3.73. The van der Waals surface area contributed by atoms with Crippen molar-refractivity contribution in [3.63, 3.8) is 0 Å². The van der Waals surface area contributed by atoms with Crippen LogP contribution in [0.1, 0.15) is 15.9 Å². The lowest BCUT2D eigenvalue weighted by Crippen LogP contribution is -2.03. The summed E-state index contributed by atoms with van der Waals surface area (Å²) in [6.45, 7) is 0. The zero-order chi connectivity index (χ0) is 13.5. The van der Waals surface area contributed by atoms with E-state index in [1.807, 2.05) is 30.3 Å². The van der Waals surface area contributed by atoms with Gasteiger partial charge in [0.2, 0.25) is 0 Å². The number of carbonyl (C=O) groups is 2. The van der Waals surface area contributed by atoms with Crippen molar-refractivity contribution < 1.29 is 14.3 Å². The van der Waals surface area contributed by atoms with E-state index in [2.05, 4.69) is 0 Å². The molecule has 0 aromatic heterocycles. The first-order valence-corrected chi connectivity index (χ1v) is 5.78. The number of hydrogen-bond acceptors (Lipinski definition) is 3. The summed E-state index contributed by atoms with van der Waals surface area (Å²) >= 11 is 0. The fraction of sp³-hybridized carbons (Fsp3) is 0. The largest absolute Gasteiger partial charge is 0.423 e. The van der Waals surface area contributed by atoms with Gasteiger partial charge in [-0.15, -0.1) is 0 Å². The minimum Gasteiger partial charge on any atom is -0.423 e. The van der Waals surface area contributed by atoms with E-state index in [1.54, 1.807) is 24.3 Å². The Morgan fingerprint density at radius 1 is 0.947 bits per heavy atom. The van der Waals surface area contributed by atoms with Gasteiger partial charge in [-0.05, 0) is 23.8 Å². The maximum Gasteiger partial charge on any atom is 0.336 e. The molecule has 0 unspecified atom stereocenters. The Hall–Kier alpha value is -2.68. The van der Waals surface area contributed by atoms with E-state index >= 15 is 0 Å². The van der Waals surface area contributed by atoms with Gasteiger partial charge in [-0.1, -0.05) is 42.5 Å². The average molecular weight is 252 g/mol. The maximum atomic E-state index is 11.6. The molecule has 0 fully saturated rings. The standard InChI is InChI=1S/C16H12O3/c17-12-14-7-4-8-15(11-14)19-16(18)10-9-13-5-2-1-3-6-13/h1-12H. The Kier molecular flexibility index (Phi) is 4.24. The second-order valence-corrected chi connectivity index (χ2v) is 3.86. The number of carbonyl (C=O) groups excluding carboxylic acids is 2. The fourth-order valence-corrected chi connectivity index (χ4v) is 1.53. The lowest BCUT2D eigenvalue weighted by atomic mass is 10.2. The van der Waals surface area contributed by atoms with E-state index in [1.165, 1.54) is 12.1 Å². The van der Waals surface area contributed by atoms with E-state index in [0.717, 1.165) is 5.56 Å². The molecular formula is C16H12O3. The molecular weight excluding hydrogens is 240 g/mol. The molecule has 19 heavy (non-hydrogen) atoms. The monoisotopic (exact) mass is 252 g/mol. The molecule has 0 aliphatic heterocycles. The number of ether oxygens (including phenoxy) is 1. The Balaban J connectivity index is 2.01. The quantitative estimate of drug-likeness (QED) is 0.363. The summed E-state index contributed by atoms with van der Waals surface area (Å²) in [7, 11) is 0. The number of aldehydes is 1. The van der Waals surface area contributed by atoms with Crippen LogP contribution in [0.25, 0.3) is 6.08 Å². The van der Waals surface area contributed by atoms with Crippen molar-refractivity contribution in [2.24, 2.45) is 0 Å². The third-order valence-electron chi connectivity index (χ3n) is 2.42. The molecule has 0 saturated carbocycles. The second-order valence-electron chi connectivity index (χ2n) is 3.86. The first-order valence-electron chi connectivity index (χ1n) is 5.78. The Morgan fingerprint density at radius 3 is 2.42 bits per heavy atom. The molecule has 2 aromatic rings. The van der Waals surface area contributed by atoms with Gasteiger partial charge in [-0.2, -0.15) is 0 Å². The molecule has 0 heterocycles. The van der Waals surface area contributed by atoms with E-state index in [0.29, 0.717) is 17.6 Å². The van der Waals surface area contributed by atoms with Crippen LogP contribution in [0.15, 0.2) is 60.7 Å². The number of esters is 1. The van der Waals surface area contributed by atoms with Crippen molar-refractivity contribution >= 4 is 18.3 Å². The second kappa shape index (κ2) is 6.31. The van der Waals surface area contributed by atoms with Gasteiger partial charge in [0.15, 0.2) is 0 Å². The molecule has 3 nitrogen and oxygen atoms in total. The van der Waals surface area contributed by atoms with Crippen molar-refractivity contribution in [3.8, 4) is 5.75 Å². The van der Waals surface area contributed by atoms with Crippen LogP contribution in [-0.2, 0) is 4.79 Å². The first kappa shape index (κ1) is 12.8. The van der Waals surface area contributed by atoms with Crippen LogP contribution >= 0.6 is 0 Å². The summed E-state index contributed by atoms with van der Waals surface area (Å²) < 4.78 is 5.09. The highest BCUT2D eigenvalue weighted by atomic mass is 16.5. The van der Waals surface area contributed by atoms with Gasteiger partial charge >= 0.3 is 5.97 Å². The van der Waals surface area contributed by atoms with Gasteiger partial charge in [0, 0.05) is 11.6 Å². The molecule has 0 N–H and O–H groups in total. The van der Waals surface area contributed by atoms with Crippen molar-refractivity contribution in [1.29, 1.82) is 0 Å². The first-order chi connectivity index (χ1) is 9.28. The molecule has 94 valence electrons. The minimum atomic E-state index is -0.480. The van der Waals surface area contributed by atoms with Crippen molar-refractivity contribution in [1.82, 2.24) is 0 Å². The van der Waals surface area contributed by atoms with Gasteiger partial charge in [0.1, 0.15) is 12.0 Å². The Morgan fingerprint density at radius 2 is 1.68 bits per heavy atom. The number of benzene rings is 2. The summed E-state index contributed by atoms with van der Waals surface area (Å²) in [5, 5.41) is 0. The van der Waals surface area contributed by atoms with E-state index < -0.39 is 5.97 Å². The topological polar surface area (TPSA) is 43.4 Å². The third-order valence-corrected chi connectivity index (χ3v) is 2.42. The van der Waals surface area contributed by atoms with Crippen LogP contribution in [0.5, 0.6) is 5.75 Å². The summed E-state index contributed by atoms with van der Waals surface area (Å²) in [5.74, 6) is -0.126. The average Bonchev–Trinajstić information content (AvgIpc) is 2.46. The lowest BCUT2D eigenvalue weighted by molar-refractivity contribution is -0.128. The predicted octanol–water partition coefficient (Wildman–Crippen LogP) is 3.12. The summed E-state index contributed by atoms with van der Waals surface area (Å²) in [5.41, 5.74) is 1.39. The smallest absolute Gasteiger partial charge is 0.336 e. The highest BCUT2D eigenvalue weighted by molar-refractivity contribution is 5.89. The SMILES string of the molecule is O=Cc1cccc(OC(=O)C=Cc2ccccc2)c1. The van der Waals surface area contributed by atoms with Crippen LogP contribution < -0.4 is 4.74 Å². The summed E-state index contributed by atoms with van der Waals surface area (Å²) in [6, 6.07) is 15.9. The molecule has 0 aliphatic carbocycles. The normalized spacial score (nSPS) is 10.3. The Bertz CT molecular complexity index is 600. The Labute approximate surface area is 111 Å². The van der Waals surface area contributed by atoms with Crippen LogP contribution in [-0.4, -0.2) is 12.3 Å². The van der Waals surface area contributed by atoms with Crippen LogP contribution in [0.3, 0.4) is 0 Å². The zero-order valence-corrected chi connectivity index (χ0v) is 10.2. The zero-order valence-electron chi connectivity index (χ0n) is 10.2. The molecule has 3 heteroatoms. The van der Waals surface area contributed by atoms with E-state index in [-0.39, 0.29) is 0 Å². The molecule has 0 aliphatic rings. The van der Waals surface area contributed by atoms with E-state index in [9.17, 15) is 9.59 Å². The van der Waals surface area contributed by atoms with Gasteiger partial charge < -0.3 is 4.74 Å². The van der Waals surface area contributed by atoms with Crippen molar-refractivity contribution in [3.05, 3.63) is 71.8 Å². The molecule has 0 amide bonds. The summed E-state index contributed by atoms with van der Waals surface area (Å²) in [4.78, 5) is 22.2. The van der Waals surface area contributed by atoms with Crippen molar-refractivity contribution in [2.75, 3.05) is 0 Å². The van der Waals surface area contributed by atoms with Gasteiger partial charge in [0.05, 0.1) is 0 Å². The predicted molar refractivity (Wildman–Crippen MR) is 72.9 cm³/mol. The van der Waals surface area contributed by atoms with Crippen LogP contribution in [0.2, 0.25) is 0 Å². The van der Waals surface area contributed by atoms with Crippen LogP contribution in [0, 0.1) is 0 Å². The van der Waals surface area contributed by atoms with Gasteiger partial charge in [-0.25, -0.2) is 4.79 Å². The lowest BCUT2D eigenvalue weighted by Gasteiger charge is -2.01. The molecule has 0 saturated heterocycles. The molecule has 2 aromatic carbocycles. The molecule has 2 rings (SSSR count). The highest BCUT2D eigenvalue weighted by Gasteiger charge is 2.01. The van der Waals surface area contributed by atoms with Crippen molar-refractivity contribution in [2.45, 2.75) is 0 Å². The van der Waals surface area contributed by atoms with Crippen LogP contribution in [0.4, 0.5) is 0 Å². The fourth-order valence-electron chi connectivity index (χ4n) is 1.53. The molecule has 0 bridgehead atoms. The van der Waals surface area contributed by atoms with Gasteiger partial charge in [0.25, 0.3) is 0 Å². The number of hydrogen-bond donors (Lipinski definition) is 0. The van der Waals surface area contributed by atoms with Gasteiger partial charge in [-0.3, -0.25) is 4.79 Å².